The zero-order valence-electron chi connectivity index (χ0n) is 55.5. The summed E-state index contributed by atoms with van der Waals surface area (Å²) in [5, 5.41) is 0. The normalized spacial score (nSPS) is 12.5. The molecule has 0 aromatic carbocycles. The van der Waals surface area contributed by atoms with Crippen molar-refractivity contribution in [2.45, 2.75) is 386 Å². The van der Waals surface area contributed by atoms with Gasteiger partial charge in [-0.1, -0.05) is 318 Å². The summed E-state index contributed by atoms with van der Waals surface area (Å²) in [5.74, 6) is -0.880. The quantitative estimate of drug-likeness (QED) is 0.0261. The van der Waals surface area contributed by atoms with E-state index >= 15 is 0 Å². The van der Waals surface area contributed by atoms with Crippen molar-refractivity contribution in [3.63, 3.8) is 0 Å². The number of carbonyl (C=O) groups excluding carboxylic acids is 3. The van der Waals surface area contributed by atoms with Crippen molar-refractivity contribution in [1.82, 2.24) is 0 Å². The summed E-state index contributed by atoms with van der Waals surface area (Å²) in [5.41, 5.74) is 0. The molecule has 6 nitrogen and oxygen atoms in total. The molecule has 0 rings (SSSR count). The second-order valence-electron chi connectivity index (χ2n) is 24.5. The zero-order chi connectivity index (χ0) is 59.9. The molecule has 0 aliphatic carbocycles. The van der Waals surface area contributed by atoms with E-state index in [1.165, 1.54) is 244 Å². The van der Waals surface area contributed by atoms with Crippen molar-refractivity contribution in [3.8, 4) is 0 Å². The van der Waals surface area contributed by atoms with Gasteiger partial charge in [-0.25, -0.2) is 0 Å². The lowest BCUT2D eigenvalue weighted by Gasteiger charge is -2.18. The van der Waals surface area contributed by atoms with Gasteiger partial charge in [0.15, 0.2) is 6.10 Å². The fourth-order valence-corrected chi connectivity index (χ4v) is 10.7. The highest BCUT2D eigenvalue weighted by molar-refractivity contribution is 5.71. The highest BCUT2D eigenvalue weighted by Crippen LogP contribution is 2.18. The van der Waals surface area contributed by atoms with Crippen LogP contribution in [0.4, 0.5) is 0 Å². The predicted octanol–water partition coefficient (Wildman–Crippen LogP) is 25.2. The number of rotatable bonds is 67. The molecule has 0 fully saturated rings. The van der Waals surface area contributed by atoms with E-state index in [0.717, 1.165) is 96.3 Å². The van der Waals surface area contributed by atoms with E-state index in [-0.39, 0.29) is 31.1 Å². The van der Waals surface area contributed by atoms with Crippen LogP contribution in [0.25, 0.3) is 0 Å². The van der Waals surface area contributed by atoms with Crippen molar-refractivity contribution in [2.24, 2.45) is 0 Å². The lowest BCUT2D eigenvalue weighted by atomic mass is 10.0. The Balaban J connectivity index is 4.23. The van der Waals surface area contributed by atoms with Crippen LogP contribution in [0.3, 0.4) is 0 Å². The summed E-state index contributed by atoms with van der Waals surface area (Å²) in [6.07, 6.45) is 93.6. The highest BCUT2D eigenvalue weighted by Gasteiger charge is 2.19. The van der Waals surface area contributed by atoms with Crippen LogP contribution in [0.2, 0.25) is 0 Å². The molecule has 0 heterocycles. The monoisotopic (exact) mass is 1160 g/mol. The van der Waals surface area contributed by atoms with Crippen LogP contribution >= 0.6 is 0 Å². The third kappa shape index (κ3) is 69.5. The van der Waals surface area contributed by atoms with Crippen LogP contribution in [0.1, 0.15) is 380 Å². The van der Waals surface area contributed by atoms with Gasteiger partial charge < -0.3 is 14.2 Å². The van der Waals surface area contributed by atoms with Gasteiger partial charge in [0.1, 0.15) is 13.2 Å². The van der Waals surface area contributed by atoms with Crippen molar-refractivity contribution >= 4 is 17.9 Å². The van der Waals surface area contributed by atoms with Crippen LogP contribution in [-0.4, -0.2) is 37.2 Å². The Morgan fingerprint density at radius 3 is 0.711 bits per heavy atom. The van der Waals surface area contributed by atoms with E-state index in [1.807, 2.05) is 0 Å². The summed E-state index contributed by atoms with van der Waals surface area (Å²) in [7, 11) is 0. The minimum Gasteiger partial charge on any atom is -0.462 e. The van der Waals surface area contributed by atoms with Crippen LogP contribution in [0, 0.1) is 0 Å². The fraction of sp³-hybridized carbons (Fsp3) is 0.805. The van der Waals surface area contributed by atoms with Gasteiger partial charge in [0.2, 0.25) is 0 Å². The van der Waals surface area contributed by atoms with E-state index in [0.29, 0.717) is 19.3 Å². The molecule has 0 aliphatic heterocycles. The molecule has 1 unspecified atom stereocenters. The Labute approximate surface area is 516 Å². The molecule has 0 amide bonds. The first-order valence-electron chi connectivity index (χ1n) is 36.4. The molecular weight excluding hydrogens is 1020 g/mol. The predicted molar refractivity (Wildman–Crippen MR) is 362 cm³/mol. The Bertz CT molecular complexity index is 1520. The number of carbonyl (C=O) groups is 3. The average molecular weight is 1160 g/mol. The van der Waals surface area contributed by atoms with Crippen LogP contribution < -0.4 is 0 Å². The molecule has 0 aromatic rings. The highest BCUT2D eigenvalue weighted by atomic mass is 16.6. The largest absolute Gasteiger partial charge is 0.462 e. The van der Waals surface area contributed by atoms with Gasteiger partial charge in [0.25, 0.3) is 0 Å². The number of ether oxygens (including phenoxy) is 3. The first-order valence-corrected chi connectivity index (χ1v) is 36.4. The second kappa shape index (κ2) is 71.3. The second-order valence-corrected chi connectivity index (χ2v) is 24.5. The maximum absolute atomic E-state index is 12.9. The summed E-state index contributed by atoms with van der Waals surface area (Å²) < 4.78 is 17.0. The summed E-state index contributed by atoms with van der Waals surface area (Å²) in [6, 6.07) is 0. The molecule has 0 saturated carbocycles. The SMILES string of the molecule is CCCCC/C=C\C/C=C\C/C=C\CCCCCCCCC(=O)OC(COC(=O)CCCCCCC/C=C\CCCCCCCC)COC(=O)CCCCCCCCCCCCCCCCCCCCC/C=C\C/C=C\CCCCCCC. The molecule has 0 aromatic heterocycles. The lowest BCUT2D eigenvalue weighted by molar-refractivity contribution is -0.167. The zero-order valence-corrected chi connectivity index (χ0v) is 55.5. The van der Waals surface area contributed by atoms with Gasteiger partial charge in [-0.2, -0.15) is 0 Å². The van der Waals surface area contributed by atoms with E-state index in [9.17, 15) is 14.4 Å². The van der Waals surface area contributed by atoms with Crippen molar-refractivity contribution in [2.75, 3.05) is 13.2 Å². The number of unbranched alkanes of at least 4 members (excludes halogenated alkanes) is 44. The van der Waals surface area contributed by atoms with E-state index in [4.69, 9.17) is 14.2 Å². The minimum absolute atomic E-state index is 0.0800. The van der Waals surface area contributed by atoms with Gasteiger partial charge >= 0.3 is 17.9 Å². The van der Waals surface area contributed by atoms with Crippen LogP contribution in [0.5, 0.6) is 0 Å². The van der Waals surface area contributed by atoms with E-state index in [2.05, 4.69) is 93.7 Å². The molecule has 6 heteroatoms. The first kappa shape index (κ1) is 79.8. The third-order valence-corrected chi connectivity index (χ3v) is 16.2. The molecule has 0 bridgehead atoms. The molecule has 0 aliphatic rings. The van der Waals surface area contributed by atoms with Crippen LogP contribution in [0.15, 0.2) is 72.9 Å². The fourth-order valence-electron chi connectivity index (χ4n) is 10.7. The molecule has 482 valence electrons. The van der Waals surface area contributed by atoms with Crippen molar-refractivity contribution < 1.29 is 28.6 Å². The molecule has 0 radical (unpaired) electrons. The van der Waals surface area contributed by atoms with E-state index in [1.54, 1.807) is 0 Å². The topological polar surface area (TPSA) is 78.9 Å². The Morgan fingerprint density at radius 1 is 0.241 bits per heavy atom. The first-order chi connectivity index (χ1) is 41.0. The molecular formula is C77H138O6. The standard InChI is InChI=1S/C77H138O6/c1-4-7-10-13-16-19-22-25-28-30-32-33-34-35-36-37-38-39-40-41-42-43-45-46-49-52-55-58-61-64-67-70-76(79)82-73-74(72-81-75(78)69-66-63-60-57-54-51-48-27-24-21-18-15-12-9-6-3)83-77(80)71-68-65-62-59-56-53-50-47-44-31-29-26-23-20-17-14-11-8-5-2/h17,20,22,25-27,29-30,32,44,47-48,74H,4-16,18-19,21,23-24,28,31,33-43,45-46,49-73H2,1-3H3/b20-17-,25-22-,29-26-,32-30-,47-44-,48-27-. The molecule has 83 heavy (non-hydrogen) atoms. The Kier molecular flexibility index (Phi) is 68.6. The summed E-state index contributed by atoms with van der Waals surface area (Å²) in [6.45, 7) is 6.63. The minimum atomic E-state index is -0.786. The maximum atomic E-state index is 12.9. The lowest BCUT2D eigenvalue weighted by Crippen LogP contribution is -2.30. The average Bonchev–Trinajstić information content (AvgIpc) is 3.49. The molecule has 0 spiro atoms. The number of esters is 3. The van der Waals surface area contributed by atoms with Gasteiger partial charge in [-0.3, -0.25) is 14.4 Å². The Hall–Kier alpha value is -3.15. The van der Waals surface area contributed by atoms with Gasteiger partial charge in [-0.15, -0.1) is 0 Å². The number of hydrogen-bond donors (Lipinski definition) is 0. The van der Waals surface area contributed by atoms with E-state index < -0.39 is 6.10 Å². The van der Waals surface area contributed by atoms with Gasteiger partial charge in [0, 0.05) is 19.3 Å². The number of hydrogen-bond acceptors (Lipinski definition) is 6. The van der Waals surface area contributed by atoms with Crippen molar-refractivity contribution in [3.05, 3.63) is 72.9 Å². The summed E-state index contributed by atoms with van der Waals surface area (Å²) >= 11 is 0. The maximum Gasteiger partial charge on any atom is 0.306 e. The summed E-state index contributed by atoms with van der Waals surface area (Å²) in [4.78, 5) is 38.5. The smallest absolute Gasteiger partial charge is 0.306 e. The third-order valence-electron chi connectivity index (χ3n) is 16.2. The molecule has 1 atom stereocenters. The number of allylic oxidation sites excluding steroid dienone is 12. The molecule has 0 saturated heterocycles. The molecule has 0 N–H and O–H groups in total. The van der Waals surface area contributed by atoms with Crippen molar-refractivity contribution in [1.29, 1.82) is 0 Å². The van der Waals surface area contributed by atoms with Gasteiger partial charge in [0.05, 0.1) is 0 Å². The van der Waals surface area contributed by atoms with Gasteiger partial charge in [-0.05, 0) is 116 Å². The van der Waals surface area contributed by atoms with Crippen LogP contribution in [-0.2, 0) is 28.6 Å². The Morgan fingerprint density at radius 2 is 0.434 bits per heavy atom.